The summed E-state index contributed by atoms with van der Waals surface area (Å²) in [5.74, 6) is 0. The van der Waals surface area contributed by atoms with Gasteiger partial charge >= 0.3 is 6.03 Å². The molecular weight excluding hydrogens is 254 g/mol. The zero-order valence-corrected chi connectivity index (χ0v) is 11.3. The molecule has 0 atom stereocenters. The maximum absolute atomic E-state index is 11.4. The molecule has 0 aliphatic carbocycles. The Kier molecular flexibility index (Phi) is 4.49. The molecule has 0 spiro atoms. The van der Waals surface area contributed by atoms with Gasteiger partial charge in [-0.15, -0.1) is 6.58 Å². The van der Waals surface area contributed by atoms with Crippen molar-refractivity contribution in [2.75, 3.05) is 6.54 Å². The van der Waals surface area contributed by atoms with Crippen molar-refractivity contribution in [2.24, 2.45) is 7.05 Å². The molecule has 0 aliphatic heterocycles. The van der Waals surface area contributed by atoms with Gasteiger partial charge < -0.3 is 10.6 Å². The first-order valence-electron chi connectivity index (χ1n) is 6.24. The normalized spacial score (nSPS) is 10.1. The summed E-state index contributed by atoms with van der Waals surface area (Å²) in [6, 6.07) is 1.76. The second-order valence-electron chi connectivity index (χ2n) is 4.34. The van der Waals surface area contributed by atoms with Crippen molar-refractivity contribution in [3.8, 4) is 11.1 Å². The fraction of sp³-hybridized carbons (Fsp3) is 0.214. The average molecular weight is 271 g/mol. The first-order valence-corrected chi connectivity index (χ1v) is 6.24. The predicted molar refractivity (Wildman–Crippen MR) is 76.9 cm³/mol. The molecule has 2 N–H and O–H groups in total. The van der Waals surface area contributed by atoms with Crippen LogP contribution in [0.2, 0.25) is 0 Å². The fourth-order valence-corrected chi connectivity index (χ4v) is 1.72. The molecule has 0 saturated carbocycles. The van der Waals surface area contributed by atoms with E-state index in [9.17, 15) is 4.79 Å². The van der Waals surface area contributed by atoms with Gasteiger partial charge in [-0.1, -0.05) is 6.08 Å². The van der Waals surface area contributed by atoms with Crippen molar-refractivity contribution in [2.45, 2.75) is 6.54 Å². The minimum Gasteiger partial charge on any atom is -0.335 e. The van der Waals surface area contributed by atoms with Crippen LogP contribution in [0.25, 0.3) is 11.1 Å². The third-order valence-electron chi connectivity index (χ3n) is 2.69. The summed E-state index contributed by atoms with van der Waals surface area (Å²) in [6.07, 6.45) is 8.84. The minimum absolute atomic E-state index is 0.225. The van der Waals surface area contributed by atoms with Crippen LogP contribution in [0.5, 0.6) is 0 Å². The van der Waals surface area contributed by atoms with Crippen LogP contribution in [-0.2, 0) is 13.6 Å². The summed E-state index contributed by atoms with van der Waals surface area (Å²) in [4.78, 5) is 15.6. The van der Waals surface area contributed by atoms with Crippen LogP contribution in [0.1, 0.15) is 5.56 Å². The standard InChI is InChI=1S/C14H17N5O/c1-3-4-16-14(20)17-7-11-5-12(8-15-6-11)13-9-18-19(2)10-13/h3,5-6,8-10H,1,4,7H2,2H3,(H2,16,17,20). The van der Waals surface area contributed by atoms with Gasteiger partial charge in [0.15, 0.2) is 0 Å². The molecule has 2 amide bonds. The highest BCUT2D eigenvalue weighted by Gasteiger charge is 2.04. The fourth-order valence-electron chi connectivity index (χ4n) is 1.72. The van der Waals surface area contributed by atoms with Crippen LogP contribution in [0, 0.1) is 0 Å². The molecule has 0 unspecified atom stereocenters. The number of aromatic nitrogens is 3. The second kappa shape index (κ2) is 6.51. The van der Waals surface area contributed by atoms with E-state index in [-0.39, 0.29) is 6.03 Å². The SMILES string of the molecule is C=CCNC(=O)NCc1cncc(-c2cnn(C)c2)c1. The molecule has 2 heterocycles. The summed E-state index contributed by atoms with van der Waals surface area (Å²) in [6.45, 7) is 4.40. The Morgan fingerprint density at radius 2 is 2.20 bits per heavy atom. The van der Waals surface area contributed by atoms with E-state index in [0.717, 1.165) is 16.7 Å². The predicted octanol–water partition coefficient (Wildman–Crippen LogP) is 1.47. The van der Waals surface area contributed by atoms with Crippen molar-refractivity contribution < 1.29 is 4.79 Å². The lowest BCUT2D eigenvalue weighted by molar-refractivity contribution is 0.241. The van der Waals surface area contributed by atoms with E-state index >= 15 is 0 Å². The molecule has 0 fully saturated rings. The number of hydrogen-bond acceptors (Lipinski definition) is 3. The third-order valence-corrected chi connectivity index (χ3v) is 2.69. The molecule has 6 nitrogen and oxygen atoms in total. The van der Waals surface area contributed by atoms with Crippen molar-refractivity contribution in [3.05, 3.63) is 49.1 Å². The van der Waals surface area contributed by atoms with E-state index in [2.05, 4.69) is 27.3 Å². The van der Waals surface area contributed by atoms with Gasteiger partial charge in [0.1, 0.15) is 0 Å². The molecule has 0 saturated heterocycles. The van der Waals surface area contributed by atoms with E-state index in [1.807, 2.05) is 19.3 Å². The minimum atomic E-state index is -0.225. The Labute approximate surface area is 117 Å². The zero-order chi connectivity index (χ0) is 14.4. The van der Waals surface area contributed by atoms with Crippen LogP contribution in [0.3, 0.4) is 0 Å². The van der Waals surface area contributed by atoms with Crippen molar-refractivity contribution >= 4 is 6.03 Å². The van der Waals surface area contributed by atoms with Gasteiger partial charge in [0.2, 0.25) is 0 Å². The first-order chi connectivity index (χ1) is 9.69. The molecule has 0 aromatic carbocycles. The average Bonchev–Trinajstić information content (AvgIpc) is 2.90. The number of nitrogens with zero attached hydrogens (tertiary/aromatic N) is 3. The quantitative estimate of drug-likeness (QED) is 0.809. The van der Waals surface area contributed by atoms with Crippen LogP contribution >= 0.6 is 0 Å². The Morgan fingerprint density at radius 3 is 2.90 bits per heavy atom. The Hall–Kier alpha value is -2.63. The number of amides is 2. The monoisotopic (exact) mass is 271 g/mol. The van der Waals surface area contributed by atoms with Crippen LogP contribution in [-0.4, -0.2) is 27.3 Å². The first kappa shape index (κ1) is 13.8. The lowest BCUT2D eigenvalue weighted by Gasteiger charge is -2.06. The topological polar surface area (TPSA) is 71.8 Å². The van der Waals surface area contributed by atoms with Crippen molar-refractivity contribution in [1.29, 1.82) is 0 Å². The van der Waals surface area contributed by atoms with E-state index in [1.54, 1.807) is 29.3 Å². The number of aryl methyl sites for hydroxylation is 1. The Bertz CT molecular complexity index is 605. The summed E-state index contributed by atoms with van der Waals surface area (Å²) >= 11 is 0. The summed E-state index contributed by atoms with van der Waals surface area (Å²) in [5, 5.41) is 9.54. The second-order valence-corrected chi connectivity index (χ2v) is 4.34. The molecule has 2 aromatic rings. The summed E-state index contributed by atoms with van der Waals surface area (Å²) in [7, 11) is 1.87. The summed E-state index contributed by atoms with van der Waals surface area (Å²) < 4.78 is 1.74. The molecule has 2 aromatic heterocycles. The smallest absolute Gasteiger partial charge is 0.315 e. The van der Waals surface area contributed by atoms with Gasteiger partial charge in [-0.2, -0.15) is 5.10 Å². The molecule has 0 aliphatic rings. The molecule has 2 rings (SSSR count). The molecule has 0 bridgehead atoms. The lowest BCUT2D eigenvalue weighted by Crippen LogP contribution is -2.34. The van der Waals surface area contributed by atoms with Gasteiger partial charge in [-0.05, 0) is 11.6 Å². The van der Waals surface area contributed by atoms with Crippen LogP contribution in [0.4, 0.5) is 4.79 Å². The Balaban J connectivity index is 1.99. The molecule has 104 valence electrons. The maximum Gasteiger partial charge on any atom is 0.315 e. The number of carbonyl (C=O) groups is 1. The van der Waals surface area contributed by atoms with E-state index in [1.165, 1.54) is 0 Å². The van der Waals surface area contributed by atoms with Crippen LogP contribution < -0.4 is 10.6 Å². The van der Waals surface area contributed by atoms with Gasteiger partial charge in [-0.3, -0.25) is 9.67 Å². The van der Waals surface area contributed by atoms with E-state index in [4.69, 9.17) is 0 Å². The largest absolute Gasteiger partial charge is 0.335 e. The van der Waals surface area contributed by atoms with Crippen molar-refractivity contribution in [3.63, 3.8) is 0 Å². The number of rotatable bonds is 5. The molecular formula is C14H17N5O. The van der Waals surface area contributed by atoms with Gasteiger partial charge in [0.05, 0.1) is 6.20 Å². The number of urea groups is 1. The van der Waals surface area contributed by atoms with Crippen LogP contribution in [0.15, 0.2) is 43.5 Å². The van der Waals surface area contributed by atoms with E-state index in [0.29, 0.717) is 13.1 Å². The highest BCUT2D eigenvalue weighted by Crippen LogP contribution is 2.18. The summed E-state index contributed by atoms with van der Waals surface area (Å²) in [5.41, 5.74) is 2.90. The van der Waals surface area contributed by atoms with Gasteiger partial charge in [-0.25, -0.2) is 4.79 Å². The molecule has 0 radical (unpaired) electrons. The maximum atomic E-state index is 11.4. The van der Waals surface area contributed by atoms with Gasteiger partial charge in [0.25, 0.3) is 0 Å². The van der Waals surface area contributed by atoms with E-state index < -0.39 is 0 Å². The third kappa shape index (κ3) is 3.68. The number of nitrogens with one attached hydrogen (secondary N) is 2. The highest BCUT2D eigenvalue weighted by atomic mass is 16.2. The lowest BCUT2D eigenvalue weighted by atomic mass is 10.1. The zero-order valence-electron chi connectivity index (χ0n) is 11.3. The highest BCUT2D eigenvalue weighted by molar-refractivity contribution is 5.74. The Morgan fingerprint density at radius 1 is 1.35 bits per heavy atom. The number of pyridine rings is 1. The number of hydrogen-bond donors (Lipinski definition) is 2. The van der Waals surface area contributed by atoms with Crippen molar-refractivity contribution in [1.82, 2.24) is 25.4 Å². The van der Waals surface area contributed by atoms with Gasteiger partial charge in [0, 0.05) is 49.9 Å². The molecule has 6 heteroatoms. The molecule has 20 heavy (non-hydrogen) atoms. The number of carbonyl (C=O) groups excluding carboxylic acids is 1.